The molecule has 8 aliphatic rings. The molecule has 0 spiro atoms. The van der Waals surface area contributed by atoms with Gasteiger partial charge in [0.2, 0.25) is 0 Å². The second-order valence-corrected chi connectivity index (χ2v) is 43.1. The Balaban J connectivity index is 1.42. The van der Waals surface area contributed by atoms with Gasteiger partial charge in [-0.2, -0.15) is 0 Å². The Hall–Kier alpha value is -0.819. The summed E-state index contributed by atoms with van der Waals surface area (Å²) in [6.07, 6.45) is 9.69. The molecule has 0 aromatic rings. The number of fused-ring (bicyclic) bond motifs is 2. The van der Waals surface area contributed by atoms with Crippen LogP contribution >= 0.6 is 0 Å². The molecule has 13 heteroatoms. The number of aliphatic hydroxyl groups excluding tert-OH is 1. The molecule has 5 fully saturated rings. The third-order valence-corrected chi connectivity index (χ3v) is 33.4. The summed E-state index contributed by atoms with van der Waals surface area (Å²) in [6.45, 7) is 52.6. The first-order valence-corrected chi connectivity index (χ1v) is 37.9. The van der Waals surface area contributed by atoms with Gasteiger partial charge in [0.05, 0.1) is 61.0 Å². The van der Waals surface area contributed by atoms with E-state index in [1.165, 1.54) is 0 Å². The summed E-state index contributed by atoms with van der Waals surface area (Å²) < 4.78 is 58.5. The molecule has 0 aliphatic carbocycles. The van der Waals surface area contributed by atoms with Crippen LogP contribution in [-0.4, -0.2) is 121 Å². The molecule has 1 N–H and O–H groups in total. The van der Waals surface area contributed by atoms with E-state index in [4.69, 9.17) is 37.0 Å². The van der Waals surface area contributed by atoms with Crippen LogP contribution in [0, 0.1) is 23.7 Å². The number of hydrogen-bond donors (Lipinski definition) is 1. The quantitative estimate of drug-likeness (QED) is 0.177. The Labute approximate surface area is 449 Å². The van der Waals surface area contributed by atoms with Crippen molar-refractivity contribution in [3.05, 3.63) is 36.5 Å². The second kappa shape index (κ2) is 23.9. The lowest BCUT2D eigenvalue weighted by Crippen LogP contribution is -2.69. The van der Waals surface area contributed by atoms with Crippen molar-refractivity contribution in [2.75, 3.05) is 0 Å². The van der Waals surface area contributed by atoms with Crippen molar-refractivity contribution in [3.8, 4) is 0 Å². The van der Waals surface area contributed by atoms with Gasteiger partial charge in [-0.1, -0.05) is 122 Å². The highest BCUT2D eigenvalue weighted by Gasteiger charge is 2.58. The first-order valence-electron chi connectivity index (χ1n) is 29.2. The zero-order valence-corrected chi connectivity index (χ0v) is 52.8. The molecule has 5 saturated heterocycles. The topological polar surface area (TPSA) is 111 Å². The smallest absolute Gasteiger partial charge is 0.193 e. The number of hydrogen-bond acceptors (Lipinski definition) is 10. The molecular weight excluding hydrogens is 965 g/mol. The number of Topliss-reactive ketones (excluding diaryl/α,β-unsaturated/α-hetero) is 1. The highest BCUT2D eigenvalue weighted by molar-refractivity contribution is 6.75. The monoisotopic (exact) mass is 1070 g/mol. The van der Waals surface area contributed by atoms with Crippen LogP contribution in [0.3, 0.4) is 0 Å². The highest BCUT2D eigenvalue weighted by atomic mass is 28.4. The molecule has 0 amide bonds. The van der Waals surface area contributed by atoms with E-state index < -0.39 is 61.6 Å². The fraction of sp³-hybridized carbons (Fsp3) is 0.883. The van der Waals surface area contributed by atoms with Gasteiger partial charge < -0.3 is 42.1 Å². The second-order valence-electron chi connectivity index (χ2n) is 28.8. The summed E-state index contributed by atoms with van der Waals surface area (Å²) in [7, 11) is -7.46. The lowest BCUT2D eigenvalue weighted by atomic mass is 9.78. The summed E-state index contributed by atoms with van der Waals surface area (Å²) >= 11 is 0. The largest absolute Gasteiger partial charge is 0.408 e. The van der Waals surface area contributed by atoms with Crippen LogP contribution in [-0.2, 0) is 41.8 Å². The molecule has 420 valence electrons. The standard InChI is InChI=1S/C60H108O10Si3/c1-22-37(2)31-51-41(6)47-35-43(62)34-46-27-30-49-54(65-46)56(69-72(18,19)59(10,11)12)57(70-73(20,21)60(13,14)15)55(67-49)50(68-71(16,17)58(7,8)9)28-24-42(61)23-25-44-33-39(4)48(63-44)29-26-45-32-38(3)40(5)52(64-45)36-53(47)66-51/h24,28,37-38,41-42,44-57,61H,4-5,22-23,25-27,29-36H2,1-3,6-21H3/b28-24+/t37-,38-,41-,42?,44?,45+,46-,47-,48?,49+,50+,51-,52?,53+,54+,55+,56+,57-/m1/s1. The van der Waals surface area contributed by atoms with Gasteiger partial charge in [-0.25, -0.2) is 0 Å². The maximum atomic E-state index is 14.8. The Morgan fingerprint density at radius 3 is 1.79 bits per heavy atom. The molecule has 73 heavy (non-hydrogen) atoms. The fourth-order valence-corrected chi connectivity index (χ4v) is 15.4. The third-order valence-electron chi connectivity index (χ3n) is 20.0. The molecule has 4 unspecified atom stereocenters. The Morgan fingerprint density at radius 1 is 0.644 bits per heavy atom. The van der Waals surface area contributed by atoms with Gasteiger partial charge in [0.15, 0.2) is 25.0 Å². The number of aliphatic hydroxyl groups is 1. The summed E-state index contributed by atoms with van der Waals surface area (Å²) in [5.41, 5.74) is 2.26. The van der Waals surface area contributed by atoms with E-state index in [9.17, 15) is 9.90 Å². The van der Waals surface area contributed by atoms with Crippen LogP contribution in [0.1, 0.15) is 173 Å². The molecule has 0 aromatic carbocycles. The van der Waals surface area contributed by atoms with Gasteiger partial charge in [0, 0.05) is 19.3 Å². The summed E-state index contributed by atoms with van der Waals surface area (Å²) in [5, 5.41) is 11.5. The normalized spacial score (nSPS) is 39.2. The van der Waals surface area contributed by atoms with E-state index in [1.807, 2.05) is 6.08 Å². The molecule has 8 heterocycles. The Morgan fingerprint density at radius 2 is 1.19 bits per heavy atom. The lowest BCUT2D eigenvalue weighted by Gasteiger charge is -2.56. The predicted molar refractivity (Wildman–Crippen MR) is 305 cm³/mol. The van der Waals surface area contributed by atoms with Gasteiger partial charge in [-0.15, -0.1) is 0 Å². The van der Waals surface area contributed by atoms with Crippen LogP contribution in [0.25, 0.3) is 0 Å². The average molecular weight is 1070 g/mol. The van der Waals surface area contributed by atoms with Gasteiger partial charge in [-0.3, -0.25) is 4.79 Å². The SMILES string of the molecule is C=C1CC2CCC(O)/C=C/[C@H](O[Si](C)(C)C(C)(C)C)[C@@H]3O[C@H]4CC[C@H](CC(=O)C[C@@H]5[C@@H](C)[C@@H](C[C@H](C)CC)O[C@H]5CC5O[C@@H](CCC1O2)C[C@@H](C)C5=C)O[C@@H]4[C@H](O[Si](C)(C)C(C)(C)C)[C@@H]3O[Si](C)(C)C(C)(C)C. The molecular formula is C60H108O10Si3. The minimum absolute atomic E-state index is 0.00835. The summed E-state index contributed by atoms with van der Waals surface area (Å²) in [5.74, 6) is 1.36. The first kappa shape index (κ1) is 61.4. The van der Waals surface area contributed by atoms with E-state index in [0.29, 0.717) is 43.9 Å². The maximum absolute atomic E-state index is 14.8. The first-order chi connectivity index (χ1) is 33.6. The molecule has 8 aliphatic heterocycles. The van der Waals surface area contributed by atoms with Crippen LogP contribution in [0.15, 0.2) is 36.5 Å². The summed E-state index contributed by atoms with van der Waals surface area (Å²) in [4.78, 5) is 14.8. The number of carbonyl (C=O) groups excluding carboxylic acids is 1. The van der Waals surface area contributed by atoms with Crippen LogP contribution in [0.2, 0.25) is 54.4 Å². The van der Waals surface area contributed by atoms with Crippen molar-refractivity contribution in [2.24, 2.45) is 23.7 Å². The average Bonchev–Trinajstić information content (AvgIpc) is 3.77. The van der Waals surface area contributed by atoms with E-state index in [0.717, 1.165) is 62.5 Å². The molecule has 0 aromatic heterocycles. The zero-order valence-electron chi connectivity index (χ0n) is 49.8. The lowest BCUT2D eigenvalue weighted by molar-refractivity contribution is -0.266. The molecule has 8 rings (SSSR count). The minimum Gasteiger partial charge on any atom is -0.408 e. The summed E-state index contributed by atoms with van der Waals surface area (Å²) in [6, 6.07) is 0. The van der Waals surface area contributed by atoms with Gasteiger partial charge in [0.25, 0.3) is 0 Å². The van der Waals surface area contributed by atoms with E-state index in [2.05, 4.69) is 149 Å². The van der Waals surface area contributed by atoms with Crippen molar-refractivity contribution in [3.63, 3.8) is 0 Å². The minimum atomic E-state index is -2.52. The van der Waals surface area contributed by atoms with Crippen LogP contribution < -0.4 is 0 Å². The number of carbonyl (C=O) groups is 1. The molecule has 18 atom stereocenters. The Bertz CT molecular complexity index is 1900. The van der Waals surface area contributed by atoms with Crippen LogP contribution in [0.5, 0.6) is 0 Å². The molecule has 10 nitrogen and oxygen atoms in total. The number of ketones is 1. The molecule has 0 saturated carbocycles. The number of rotatable bonds is 9. The van der Waals surface area contributed by atoms with Gasteiger partial charge in [-0.05, 0) is 147 Å². The van der Waals surface area contributed by atoms with E-state index in [-0.39, 0.29) is 81.6 Å². The predicted octanol–water partition coefficient (Wildman–Crippen LogP) is 14.2. The highest BCUT2D eigenvalue weighted by Crippen LogP contribution is 2.49. The molecule has 0 radical (unpaired) electrons. The third kappa shape index (κ3) is 14.9. The van der Waals surface area contributed by atoms with Crippen molar-refractivity contribution in [1.82, 2.24) is 0 Å². The number of ether oxygens (including phenoxy) is 5. The van der Waals surface area contributed by atoms with E-state index >= 15 is 0 Å². The van der Waals surface area contributed by atoms with Crippen molar-refractivity contribution in [2.45, 2.75) is 313 Å². The van der Waals surface area contributed by atoms with Crippen molar-refractivity contribution >= 4 is 30.7 Å². The van der Waals surface area contributed by atoms with Gasteiger partial charge in [0.1, 0.15) is 30.2 Å². The maximum Gasteiger partial charge on any atom is 0.193 e. The van der Waals surface area contributed by atoms with Crippen molar-refractivity contribution in [1.29, 1.82) is 0 Å². The van der Waals surface area contributed by atoms with Crippen LogP contribution in [0.4, 0.5) is 0 Å². The van der Waals surface area contributed by atoms with Crippen molar-refractivity contribution < 1.29 is 46.9 Å². The zero-order chi connectivity index (χ0) is 54.4. The molecule has 8 bridgehead atoms. The van der Waals surface area contributed by atoms with Gasteiger partial charge >= 0.3 is 0 Å². The fourth-order valence-electron chi connectivity index (χ4n) is 11.6. The van der Waals surface area contributed by atoms with E-state index in [1.54, 1.807) is 0 Å². The Kier molecular flexibility index (Phi) is 20.1.